The average Bonchev–Trinajstić information content (AvgIpc) is 3.13. The molecule has 0 saturated carbocycles. The molecule has 2 aromatic rings. The standard InChI is InChI=1S/C17H21N3O/c1-9-4-10(2)15-14(5-9)11(3)16(19-15)17(21)20-8-12-6-13(20)7-18-12/h4-5,12-13,18-19H,6-8H2,1-3H3/t12-,13-/m0/s1. The Morgan fingerprint density at radius 2 is 2.10 bits per heavy atom. The number of aromatic nitrogens is 1. The average molecular weight is 283 g/mol. The smallest absolute Gasteiger partial charge is 0.270 e. The van der Waals surface area contributed by atoms with E-state index in [4.69, 9.17) is 0 Å². The van der Waals surface area contributed by atoms with E-state index < -0.39 is 0 Å². The van der Waals surface area contributed by atoms with Gasteiger partial charge in [0.05, 0.1) is 0 Å². The number of aromatic amines is 1. The van der Waals surface area contributed by atoms with Crippen LogP contribution in [-0.2, 0) is 0 Å². The monoisotopic (exact) mass is 283 g/mol. The molecule has 2 N–H and O–H groups in total. The Morgan fingerprint density at radius 1 is 1.29 bits per heavy atom. The number of likely N-dealkylation sites (tertiary alicyclic amines) is 1. The topological polar surface area (TPSA) is 48.1 Å². The van der Waals surface area contributed by atoms with Crippen molar-refractivity contribution in [3.63, 3.8) is 0 Å². The lowest BCUT2D eigenvalue weighted by molar-refractivity contribution is 0.0710. The number of H-pyrrole nitrogens is 1. The number of hydrogen-bond acceptors (Lipinski definition) is 2. The second-order valence-corrected chi connectivity index (χ2v) is 6.58. The molecular formula is C17H21N3O. The van der Waals surface area contributed by atoms with E-state index in [0.717, 1.165) is 36.3 Å². The molecule has 0 unspecified atom stereocenters. The highest BCUT2D eigenvalue weighted by Crippen LogP contribution is 2.30. The molecule has 2 aliphatic heterocycles. The first kappa shape index (κ1) is 12.9. The van der Waals surface area contributed by atoms with Crippen molar-refractivity contribution in [2.24, 2.45) is 0 Å². The Labute approximate surface area is 124 Å². The number of piperazine rings is 1. The minimum atomic E-state index is 0.162. The molecule has 4 heteroatoms. The van der Waals surface area contributed by atoms with Gasteiger partial charge in [0.1, 0.15) is 5.69 Å². The van der Waals surface area contributed by atoms with Gasteiger partial charge in [-0.2, -0.15) is 0 Å². The maximum absolute atomic E-state index is 12.9. The van der Waals surface area contributed by atoms with Crippen LogP contribution in [0.2, 0.25) is 0 Å². The molecule has 3 heterocycles. The predicted molar refractivity (Wildman–Crippen MR) is 83.7 cm³/mol. The summed E-state index contributed by atoms with van der Waals surface area (Å²) in [5, 5.41) is 4.63. The minimum Gasteiger partial charge on any atom is -0.350 e. The van der Waals surface area contributed by atoms with Gasteiger partial charge in [-0.15, -0.1) is 0 Å². The summed E-state index contributed by atoms with van der Waals surface area (Å²) >= 11 is 0. The van der Waals surface area contributed by atoms with Crippen LogP contribution < -0.4 is 5.32 Å². The van der Waals surface area contributed by atoms with Crippen molar-refractivity contribution >= 4 is 16.8 Å². The number of hydrogen-bond donors (Lipinski definition) is 2. The number of nitrogens with zero attached hydrogens (tertiary/aromatic N) is 1. The molecule has 4 rings (SSSR count). The maximum Gasteiger partial charge on any atom is 0.270 e. The quantitative estimate of drug-likeness (QED) is 0.843. The second kappa shape index (κ2) is 4.34. The third kappa shape index (κ3) is 1.82. The third-order valence-electron chi connectivity index (χ3n) is 5.04. The molecule has 2 bridgehead atoms. The predicted octanol–water partition coefficient (Wildman–Crippen LogP) is 2.28. The third-order valence-corrected chi connectivity index (χ3v) is 5.04. The fourth-order valence-electron chi connectivity index (χ4n) is 3.95. The summed E-state index contributed by atoms with van der Waals surface area (Å²) in [6.07, 6.45) is 1.10. The largest absolute Gasteiger partial charge is 0.350 e. The van der Waals surface area contributed by atoms with Crippen LogP contribution in [0, 0.1) is 20.8 Å². The fourth-order valence-corrected chi connectivity index (χ4v) is 3.95. The van der Waals surface area contributed by atoms with Crippen molar-refractivity contribution in [2.45, 2.75) is 39.3 Å². The van der Waals surface area contributed by atoms with Crippen molar-refractivity contribution in [2.75, 3.05) is 13.1 Å². The molecule has 2 aliphatic rings. The van der Waals surface area contributed by atoms with Crippen molar-refractivity contribution < 1.29 is 4.79 Å². The number of rotatable bonds is 1. The van der Waals surface area contributed by atoms with Gasteiger partial charge < -0.3 is 15.2 Å². The number of aryl methyl sites for hydroxylation is 3. The van der Waals surface area contributed by atoms with Crippen LogP contribution in [0.15, 0.2) is 12.1 Å². The van der Waals surface area contributed by atoms with Gasteiger partial charge in [0.25, 0.3) is 5.91 Å². The molecule has 2 saturated heterocycles. The van der Waals surface area contributed by atoms with Crippen LogP contribution in [0.5, 0.6) is 0 Å². The minimum absolute atomic E-state index is 0.162. The van der Waals surface area contributed by atoms with Gasteiger partial charge in [0, 0.05) is 36.1 Å². The zero-order chi connectivity index (χ0) is 14.7. The molecule has 21 heavy (non-hydrogen) atoms. The number of carbonyl (C=O) groups is 1. The molecule has 110 valence electrons. The SMILES string of the molecule is Cc1cc(C)c2[nH]c(C(=O)N3C[C@@H]4C[C@H]3CN4)c(C)c2c1. The number of benzene rings is 1. The molecular weight excluding hydrogens is 262 g/mol. The maximum atomic E-state index is 12.9. The van der Waals surface area contributed by atoms with E-state index in [1.54, 1.807) is 0 Å². The summed E-state index contributed by atoms with van der Waals surface area (Å²) in [5.74, 6) is 0.162. The van der Waals surface area contributed by atoms with Crippen molar-refractivity contribution in [3.05, 3.63) is 34.5 Å². The Kier molecular flexibility index (Phi) is 2.67. The Balaban J connectivity index is 1.78. The van der Waals surface area contributed by atoms with Gasteiger partial charge in [-0.1, -0.05) is 11.6 Å². The van der Waals surface area contributed by atoms with Crippen LogP contribution in [0.1, 0.15) is 33.6 Å². The van der Waals surface area contributed by atoms with Gasteiger partial charge in [-0.3, -0.25) is 4.79 Å². The van der Waals surface area contributed by atoms with Gasteiger partial charge >= 0.3 is 0 Å². The zero-order valence-electron chi connectivity index (χ0n) is 12.8. The van der Waals surface area contributed by atoms with Crippen molar-refractivity contribution in [1.29, 1.82) is 0 Å². The Morgan fingerprint density at radius 3 is 2.76 bits per heavy atom. The van der Waals surface area contributed by atoms with E-state index in [1.165, 1.54) is 16.5 Å². The summed E-state index contributed by atoms with van der Waals surface area (Å²) in [6, 6.07) is 5.19. The highest BCUT2D eigenvalue weighted by atomic mass is 16.2. The first-order chi connectivity index (χ1) is 10.0. The molecule has 1 aromatic carbocycles. The van der Waals surface area contributed by atoms with Crippen LogP contribution in [0.3, 0.4) is 0 Å². The van der Waals surface area contributed by atoms with E-state index in [-0.39, 0.29) is 5.91 Å². The van der Waals surface area contributed by atoms with Crippen molar-refractivity contribution in [3.8, 4) is 0 Å². The summed E-state index contributed by atoms with van der Waals surface area (Å²) in [4.78, 5) is 18.3. The van der Waals surface area contributed by atoms with Crippen LogP contribution in [0.25, 0.3) is 10.9 Å². The highest BCUT2D eigenvalue weighted by molar-refractivity contribution is 6.02. The molecule has 0 spiro atoms. The van der Waals surface area contributed by atoms with E-state index >= 15 is 0 Å². The molecule has 0 aliphatic carbocycles. The lowest BCUT2D eigenvalue weighted by Crippen LogP contribution is -2.46. The van der Waals surface area contributed by atoms with Crippen molar-refractivity contribution in [1.82, 2.24) is 15.2 Å². The lowest BCUT2D eigenvalue weighted by Gasteiger charge is -2.27. The first-order valence-electron chi connectivity index (χ1n) is 7.68. The van der Waals surface area contributed by atoms with Gasteiger partial charge in [0.15, 0.2) is 0 Å². The fraction of sp³-hybridized carbons (Fsp3) is 0.471. The normalized spacial score (nSPS) is 24.2. The summed E-state index contributed by atoms with van der Waals surface area (Å²) in [5.41, 5.74) is 5.40. The van der Waals surface area contributed by atoms with Crippen LogP contribution in [0.4, 0.5) is 0 Å². The summed E-state index contributed by atoms with van der Waals surface area (Å²) < 4.78 is 0. The zero-order valence-corrected chi connectivity index (χ0v) is 12.8. The van der Waals surface area contributed by atoms with Gasteiger partial charge in [-0.05, 0) is 44.4 Å². The number of amides is 1. The molecule has 2 fully saturated rings. The number of nitrogens with one attached hydrogen (secondary N) is 2. The molecule has 1 amide bonds. The number of carbonyl (C=O) groups excluding carboxylic acids is 1. The van der Waals surface area contributed by atoms with Crippen LogP contribution in [-0.4, -0.2) is 41.0 Å². The van der Waals surface area contributed by atoms with Gasteiger partial charge in [-0.25, -0.2) is 0 Å². The first-order valence-corrected chi connectivity index (χ1v) is 7.68. The highest BCUT2D eigenvalue weighted by Gasteiger charge is 2.41. The Hall–Kier alpha value is -1.81. The molecule has 1 aromatic heterocycles. The molecule has 0 radical (unpaired) electrons. The van der Waals surface area contributed by atoms with E-state index in [1.807, 2.05) is 4.90 Å². The van der Waals surface area contributed by atoms with E-state index in [9.17, 15) is 4.79 Å². The summed E-state index contributed by atoms with van der Waals surface area (Å²) in [7, 11) is 0. The van der Waals surface area contributed by atoms with Gasteiger partial charge in [0.2, 0.25) is 0 Å². The summed E-state index contributed by atoms with van der Waals surface area (Å²) in [6.45, 7) is 8.04. The van der Waals surface area contributed by atoms with Crippen LogP contribution >= 0.6 is 0 Å². The van der Waals surface area contributed by atoms with E-state index in [2.05, 4.69) is 43.2 Å². The Bertz CT molecular complexity index is 746. The molecule has 2 atom stereocenters. The van der Waals surface area contributed by atoms with E-state index in [0.29, 0.717) is 12.1 Å². The molecule has 4 nitrogen and oxygen atoms in total. The second-order valence-electron chi connectivity index (χ2n) is 6.58. The number of fused-ring (bicyclic) bond motifs is 3. The lowest BCUT2D eigenvalue weighted by atomic mass is 10.1.